The molecule has 1 rings (SSSR count). The Labute approximate surface area is 188 Å². The van der Waals surface area contributed by atoms with Crippen molar-refractivity contribution in [3.8, 4) is 0 Å². The van der Waals surface area contributed by atoms with Crippen molar-refractivity contribution in [3.63, 3.8) is 0 Å². The molecule has 1 unspecified atom stereocenters. The van der Waals surface area contributed by atoms with Crippen molar-refractivity contribution in [2.75, 3.05) is 19.8 Å². The van der Waals surface area contributed by atoms with Gasteiger partial charge in [0.25, 0.3) is 0 Å². The molecule has 1 aliphatic heterocycles. The van der Waals surface area contributed by atoms with Crippen LogP contribution in [0.4, 0.5) is 4.79 Å². The Hall–Kier alpha value is -1.15. The van der Waals surface area contributed by atoms with Crippen molar-refractivity contribution >= 4 is 6.09 Å². The van der Waals surface area contributed by atoms with Crippen LogP contribution in [0.2, 0.25) is 0 Å². The van der Waals surface area contributed by atoms with E-state index < -0.39 is 23.8 Å². The molecule has 0 aromatic carbocycles. The van der Waals surface area contributed by atoms with Gasteiger partial charge in [-0.05, 0) is 59.3 Å². The number of alkyl carbamates (subject to hydrolysis) is 1. The molecule has 7 nitrogen and oxygen atoms in total. The number of ether oxygens (including phenoxy) is 3. The second kappa shape index (κ2) is 16.5. The van der Waals surface area contributed by atoms with Gasteiger partial charge in [-0.2, -0.15) is 0 Å². The number of aliphatic hydroxyl groups excluding tert-OH is 2. The lowest BCUT2D eigenvalue weighted by Gasteiger charge is -2.24. The minimum absolute atomic E-state index is 0.0288. The van der Waals surface area contributed by atoms with Crippen LogP contribution in [0.15, 0.2) is 12.2 Å². The molecule has 0 aliphatic carbocycles. The highest BCUT2D eigenvalue weighted by molar-refractivity contribution is 5.68. The zero-order valence-electron chi connectivity index (χ0n) is 19.8. The van der Waals surface area contributed by atoms with Gasteiger partial charge in [0.05, 0.1) is 18.8 Å². The number of unbranched alkanes of at least 4 members (excludes halogenated alkanes) is 7. The third kappa shape index (κ3) is 15.3. The van der Waals surface area contributed by atoms with E-state index in [1.54, 1.807) is 26.8 Å². The number of allylic oxidation sites excluding steroid dienone is 1. The van der Waals surface area contributed by atoms with Gasteiger partial charge < -0.3 is 29.7 Å². The molecule has 1 aliphatic rings. The van der Waals surface area contributed by atoms with Gasteiger partial charge in [0.15, 0.2) is 6.29 Å². The van der Waals surface area contributed by atoms with Crippen molar-refractivity contribution in [3.05, 3.63) is 12.2 Å². The number of carbonyl (C=O) groups excluding carboxylic acids is 1. The van der Waals surface area contributed by atoms with Gasteiger partial charge >= 0.3 is 6.09 Å². The van der Waals surface area contributed by atoms with Crippen LogP contribution in [-0.2, 0) is 14.2 Å². The molecular weight excluding hydrogens is 398 g/mol. The van der Waals surface area contributed by atoms with Crippen LogP contribution >= 0.6 is 0 Å². The Morgan fingerprint density at radius 3 is 2.42 bits per heavy atom. The van der Waals surface area contributed by atoms with Gasteiger partial charge in [-0.3, -0.25) is 0 Å². The predicted octanol–water partition coefficient (Wildman–Crippen LogP) is 4.45. The van der Waals surface area contributed by atoms with Gasteiger partial charge in [-0.1, -0.05) is 44.3 Å². The van der Waals surface area contributed by atoms with Crippen LogP contribution in [-0.4, -0.2) is 60.2 Å². The summed E-state index contributed by atoms with van der Waals surface area (Å²) in [5, 5.41) is 22.1. The number of nitrogens with one attached hydrogen (secondary N) is 1. The average molecular weight is 444 g/mol. The Balaban J connectivity index is 1.98. The minimum Gasteiger partial charge on any atom is -0.444 e. The molecule has 3 N–H and O–H groups in total. The zero-order valence-corrected chi connectivity index (χ0v) is 19.8. The molecule has 3 atom stereocenters. The van der Waals surface area contributed by atoms with Gasteiger partial charge in [0, 0.05) is 13.2 Å². The first kappa shape index (κ1) is 27.9. The minimum atomic E-state index is -0.946. The molecule has 182 valence electrons. The number of aliphatic hydroxyl groups is 2. The maximum absolute atomic E-state index is 11.8. The van der Waals surface area contributed by atoms with E-state index in [2.05, 4.69) is 5.32 Å². The fourth-order valence-corrected chi connectivity index (χ4v) is 3.37. The Morgan fingerprint density at radius 2 is 1.81 bits per heavy atom. The van der Waals surface area contributed by atoms with Crippen LogP contribution in [0, 0.1) is 0 Å². The largest absolute Gasteiger partial charge is 0.444 e. The van der Waals surface area contributed by atoms with E-state index in [0.717, 1.165) is 51.7 Å². The normalized spacial score (nSPS) is 19.3. The van der Waals surface area contributed by atoms with Crippen LogP contribution in [0.25, 0.3) is 0 Å². The molecule has 1 saturated heterocycles. The highest BCUT2D eigenvalue weighted by Gasteiger charge is 2.22. The Bertz CT molecular complexity index is 485. The Morgan fingerprint density at radius 1 is 1.13 bits per heavy atom. The molecule has 7 heteroatoms. The SMILES string of the molecule is CC(C)(C)OC(=O)N[C@@H](CO)[C@H](O)/C=C\CCCCCCCCCOC1CCCCO1. The fourth-order valence-electron chi connectivity index (χ4n) is 3.37. The number of hydrogen-bond donors (Lipinski definition) is 3. The first-order chi connectivity index (χ1) is 14.8. The third-order valence-corrected chi connectivity index (χ3v) is 5.10. The summed E-state index contributed by atoms with van der Waals surface area (Å²) in [6, 6.07) is -0.778. The summed E-state index contributed by atoms with van der Waals surface area (Å²) in [6.07, 6.45) is 14.5. The van der Waals surface area contributed by atoms with E-state index in [1.807, 2.05) is 6.08 Å². The predicted molar refractivity (Wildman–Crippen MR) is 122 cm³/mol. The molecular formula is C24H45NO6. The molecule has 0 aromatic rings. The standard InChI is InChI=1S/C24H45NO6/c1-24(2,3)31-23(28)25-20(19-26)21(27)15-11-9-7-5-4-6-8-10-13-17-29-22-16-12-14-18-30-22/h11,15,20-22,26-27H,4-10,12-14,16-19H2,1-3H3,(H,25,28)/b15-11-/t20-,21+,22?/m0/s1. The molecule has 1 fully saturated rings. The molecule has 0 spiro atoms. The molecule has 0 aromatic heterocycles. The van der Waals surface area contributed by atoms with Crippen LogP contribution < -0.4 is 5.32 Å². The topological polar surface area (TPSA) is 97.3 Å². The highest BCUT2D eigenvalue weighted by Crippen LogP contribution is 2.15. The van der Waals surface area contributed by atoms with Gasteiger partial charge in [0.2, 0.25) is 0 Å². The Kier molecular flexibility index (Phi) is 14.8. The molecule has 31 heavy (non-hydrogen) atoms. The molecule has 0 saturated carbocycles. The lowest BCUT2D eigenvalue weighted by molar-refractivity contribution is -0.162. The van der Waals surface area contributed by atoms with Crippen molar-refractivity contribution in [1.82, 2.24) is 5.32 Å². The first-order valence-corrected chi connectivity index (χ1v) is 12.0. The number of amides is 1. The first-order valence-electron chi connectivity index (χ1n) is 12.0. The number of rotatable bonds is 15. The van der Waals surface area contributed by atoms with Crippen LogP contribution in [0.5, 0.6) is 0 Å². The third-order valence-electron chi connectivity index (χ3n) is 5.10. The quantitative estimate of drug-likeness (QED) is 0.255. The zero-order chi connectivity index (χ0) is 23.0. The monoisotopic (exact) mass is 443 g/mol. The highest BCUT2D eigenvalue weighted by atomic mass is 16.7. The lowest BCUT2D eigenvalue weighted by atomic mass is 10.1. The maximum atomic E-state index is 11.8. The van der Waals surface area contributed by atoms with Crippen molar-refractivity contribution in [1.29, 1.82) is 0 Å². The van der Waals surface area contributed by atoms with E-state index in [9.17, 15) is 15.0 Å². The number of hydrogen-bond acceptors (Lipinski definition) is 6. The molecule has 0 radical (unpaired) electrons. The maximum Gasteiger partial charge on any atom is 0.408 e. The fraction of sp³-hybridized carbons (Fsp3) is 0.875. The number of carbonyl (C=O) groups is 1. The van der Waals surface area contributed by atoms with E-state index in [4.69, 9.17) is 14.2 Å². The smallest absolute Gasteiger partial charge is 0.408 e. The van der Waals surface area contributed by atoms with Crippen LogP contribution in [0.1, 0.15) is 91.4 Å². The van der Waals surface area contributed by atoms with E-state index >= 15 is 0 Å². The summed E-state index contributed by atoms with van der Waals surface area (Å²) in [5.41, 5.74) is -0.622. The van der Waals surface area contributed by atoms with Crippen LogP contribution in [0.3, 0.4) is 0 Å². The van der Waals surface area contributed by atoms with Crippen molar-refractivity contribution in [2.45, 2.75) is 115 Å². The molecule has 1 heterocycles. The summed E-state index contributed by atoms with van der Waals surface area (Å²) < 4.78 is 16.5. The average Bonchev–Trinajstić information content (AvgIpc) is 2.72. The molecule has 1 amide bonds. The lowest BCUT2D eigenvalue weighted by Crippen LogP contribution is -2.47. The second-order valence-corrected chi connectivity index (χ2v) is 9.28. The summed E-state index contributed by atoms with van der Waals surface area (Å²) in [7, 11) is 0. The van der Waals surface area contributed by atoms with Gasteiger partial charge in [-0.15, -0.1) is 0 Å². The van der Waals surface area contributed by atoms with Crippen molar-refractivity contribution in [2.24, 2.45) is 0 Å². The van der Waals surface area contributed by atoms with E-state index in [-0.39, 0.29) is 12.9 Å². The second-order valence-electron chi connectivity index (χ2n) is 9.28. The van der Waals surface area contributed by atoms with Crippen molar-refractivity contribution < 1.29 is 29.2 Å². The van der Waals surface area contributed by atoms with Gasteiger partial charge in [-0.25, -0.2) is 4.79 Å². The summed E-state index contributed by atoms with van der Waals surface area (Å²) in [5.74, 6) is 0. The summed E-state index contributed by atoms with van der Waals surface area (Å²) >= 11 is 0. The van der Waals surface area contributed by atoms with E-state index in [0.29, 0.717) is 0 Å². The molecule has 0 bridgehead atoms. The summed E-state index contributed by atoms with van der Waals surface area (Å²) in [6.45, 7) is 6.57. The summed E-state index contributed by atoms with van der Waals surface area (Å²) in [4.78, 5) is 11.8. The van der Waals surface area contributed by atoms with E-state index in [1.165, 1.54) is 32.1 Å². The van der Waals surface area contributed by atoms with Gasteiger partial charge in [0.1, 0.15) is 5.60 Å².